The average molecular weight is 194 g/mol. The van der Waals surface area contributed by atoms with Gasteiger partial charge in [-0.05, 0) is 31.6 Å². The van der Waals surface area contributed by atoms with E-state index in [1.54, 1.807) is 11.3 Å². The van der Waals surface area contributed by atoms with Crippen LogP contribution in [0.4, 0.5) is 0 Å². The lowest BCUT2D eigenvalue weighted by Crippen LogP contribution is -2.36. The van der Waals surface area contributed by atoms with Gasteiger partial charge in [0.25, 0.3) is 0 Å². The van der Waals surface area contributed by atoms with Crippen molar-refractivity contribution in [2.24, 2.45) is 5.92 Å². The molecule has 0 radical (unpaired) electrons. The Morgan fingerprint density at radius 1 is 1.54 bits per heavy atom. The molecular weight excluding hydrogens is 180 g/mol. The molecule has 2 aliphatic rings. The Hall–Kier alpha value is -0.410. The Kier molecular flexibility index (Phi) is 1.87. The first-order chi connectivity index (χ1) is 6.42. The van der Waals surface area contributed by atoms with Crippen LogP contribution in [0.1, 0.15) is 24.1 Å². The molecule has 1 aromatic rings. The van der Waals surface area contributed by atoms with Gasteiger partial charge in [-0.15, -0.1) is 11.3 Å². The molecule has 3 unspecified atom stereocenters. The number of nitrogens with zero attached hydrogens (tertiary/aromatic N) is 1. The molecule has 2 nitrogen and oxygen atoms in total. The summed E-state index contributed by atoms with van der Waals surface area (Å²) in [6.07, 6.45) is 7.48. The second kappa shape index (κ2) is 3.07. The summed E-state index contributed by atoms with van der Waals surface area (Å²) in [6.45, 7) is 0. The highest BCUT2D eigenvalue weighted by atomic mass is 32.1. The fourth-order valence-electron chi connectivity index (χ4n) is 2.76. The Labute approximate surface area is 82.4 Å². The SMILES string of the molecule is c1ncc(CC2NC3CCC2C3)s1. The zero-order valence-corrected chi connectivity index (χ0v) is 8.39. The molecule has 70 valence electrons. The summed E-state index contributed by atoms with van der Waals surface area (Å²) in [5.74, 6) is 0.951. The summed E-state index contributed by atoms with van der Waals surface area (Å²) >= 11 is 1.79. The molecule has 1 N–H and O–H groups in total. The molecular formula is C10H14N2S. The summed E-state index contributed by atoms with van der Waals surface area (Å²) in [4.78, 5) is 5.55. The highest BCUT2D eigenvalue weighted by molar-refractivity contribution is 7.09. The van der Waals surface area contributed by atoms with E-state index in [0.29, 0.717) is 0 Å². The fourth-order valence-corrected chi connectivity index (χ4v) is 3.41. The van der Waals surface area contributed by atoms with Crippen LogP contribution < -0.4 is 5.32 Å². The number of hydrogen-bond acceptors (Lipinski definition) is 3. The van der Waals surface area contributed by atoms with E-state index in [-0.39, 0.29) is 0 Å². The molecule has 0 aromatic carbocycles. The van der Waals surface area contributed by atoms with Gasteiger partial charge in [0, 0.05) is 23.2 Å². The third-order valence-corrected chi connectivity index (χ3v) is 4.20. The zero-order chi connectivity index (χ0) is 8.67. The minimum atomic E-state index is 0.749. The molecule has 0 amide bonds. The van der Waals surface area contributed by atoms with Crippen molar-refractivity contribution in [3.05, 3.63) is 16.6 Å². The monoisotopic (exact) mass is 194 g/mol. The van der Waals surface area contributed by atoms with Gasteiger partial charge in [-0.1, -0.05) is 0 Å². The minimum Gasteiger partial charge on any atom is -0.311 e. The van der Waals surface area contributed by atoms with E-state index in [0.717, 1.165) is 18.0 Å². The Balaban J connectivity index is 1.68. The molecule has 3 rings (SSSR count). The Morgan fingerprint density at radius 3 is 3.15 bits per heavy atom. The van der Waals surface area contributed by atoms with Crippen molar-refractivity contribution in [1.29, 1.82) is 0 Å². The standard InChI is InChI=1S/C10H14N2S/c1-2-8-3-7(1)10(12-8)4-9-5-11-6-13-9/h5-8,10,12H,1-4H2. The number of piperidine rings is 1. The van der Waals surface area contributed by atoms with E-state index >= 15 is 0 Å². The molecule has 0 spiro atoms. The first kappa shape index (κ1) is 7.94. The molecule has 1 saturated heterocycles. The summed E-state index contributed by atoms with van der Waals surface area (Å²) in [6, 6.07) is 1.59. The van der Waals surface area contributed by atoms with Crippen molar-refractivity contribution in [3.8, 4) is 0 Å². The van der Waals surface area contributed by atoms with Crippen LogP contribution in [0, 0.1) is 5.92 Å². The van der Waals surface area contributed by atoms with Crippen molar-refractivity contribution >= 4 is 11.3 Å². The van der Waals surface area contributed by atoms with Crippen molar-refractivity contribution < 1.29 is 0 Å². The van der Waals surface area contributed by atoms with Crippen molar-refractivity contribution in [3.63, 3.8) is 0 Å². The molecule has 2 fully saturated rings. The van der Waals surface area contributed by atoms with Gasteiger partial charge in [0.15, 0.2) is 0 Å². The quantitative estimate of drug-likeness (QED) is 0.777. The summed E-state index contributed by atoms with van der Waals surface area (Å²) in [7, 11) is 0. The zero-order valence-electron chi connectivity index (χ0n) is 7.57. The molecule has 3 atom stereocenters. The van der Waals surface area contributed by atoms with E-state index in [1.807, 2.05) is 11.7 Å². The highest BCUT2D eigenvalue weighted by Gasteiger charge is 2.38. The minimum absolute atomic E-state index is 0.749. The van der Waals surface area contributed by atoms with Crippen LogP contribution in [0.15, 0.2) is 11.7 Å². The van der Waals surface area contributed by atoms with Gasteiger partial charge in [-0.2, -0.15) is 0 Å². The highest BCUT2D eigenvalue weighted by Crippen LogP contribution is 2.36. The number of nitrogens with one attached hydrogen (secondary N) is 1. The van der Waals surface area contributed by atoms with E-state index in [2.05, 4.69) is 10.3 Å². The smallest absolute Gasteiger partial charge is 0.0794 e. The molecule has 2 bridgehead atoms. The van der Waals surface area contributed by atoms with Crippen molar-refractivity contribution in [1.82, 2.24) is 10.3 Å². The van der Waals surface area contributed by atoms with Gasteiger partial charge in [0.2, 0.25) is 0 Å². The van der Waals surface area contributed by atoms with Crippen LogP contribution in [0.2, 0.25) is 0 Å². The first-order valence-electron chi connectivity index (χ1n) is 5.05. The van der Waals surface area contributed by atoms with E-state index < -0.39 is 0 Å². The summed E-state index contributed by atoms with van der Waals surface area (Å²) in [5.41, 5.74) is 1.93. The molecule has 3 heteroatoms. The molecule has 1 aliphatic carbocycles. The van der Waals surface area contributed by atoms with Crippen molar-refractivity contribution in [2.75, 3.05) is 0 Å². The van der Waals surface area contributed by atoms with Crippen LogP contribution in [-0.2, 0) is 6.42 Å². The molecule has 1 saturated carbocycles. The molecule has 13 heavy (non-hydrogen) atoms. The maximum absolute atomic E-state index is 4.12. The second-order valence-corrected chi connectivity index (χ2v) is 5.19. The lowest BCUT2D eigenvalue weighted by molar-refractivity contribution is 0.381. The number of aromatic nitrogens is 1. The lowest BCUT2D eigenvalue weighted by Gasteiger charge is -2.22. The molecule has 1 aromatic heterocycles. The van der Waals surface area contributed by atoms with Crippen LogP contribution in [-0.4, -0.2) is 17.1 Å². The predicted octanol–water partition coefficient (Wildman–Crippen LogP) is 1.83. The fraction of sp³-hybridized carbons (Fsp3) is 0.700. The third-order valence-electron chi connectivity index (χ3n) is 3.40. The van der Waals surface area contributed by atoms with E-state index in [9.17, 15) is 0 Å². The first-order valence-corrected chi connectivity index (χ1v) is 5.93. The van der Waals surface area contributed by atoms with Crippen LogP contribution in [0.25, 0.3) is 0 Å². The van der Waals surface area contributed by atoms with Gasteiger partial charge in [-0.25, -0.2) is 0 Å². The average Bonchev–Trinajstić information content (AvgIpc) is 2.77. The number of thiazole rings is 1. The maximum Gasteiger partial charge on any atom is 0.0794 e. The van der Waals surface area contributed by atoms with Gasteiger partial charge >= 0.3 is 0 Å². The predicted molar refractivity (Wildman–Crippen MR) is 53.9 cm³/mol. The van der Waals surface area contributed by atoms with Crippen LogP contribution >= 0.6 is 11.3 Å². The molecule has 1 aliphatic heterocycles. The van der Waals surface area contributed by atoms with Gasteiger partial charge in [0.05, 0.1) is 5.51 Å². The van der Waals surface area contributed by atoms with Gasteiger partial charge in [0.1, 0.15) is 0 Å². The Morgan fingerprint density at radius 2 is 2.54 bits per heavy atom. The maximum atomic E-state index is 4.12. The Bertz CT molecular complexity index is 283. The van der Waals surface area contributed by atoms with Crippen LogP contribution in [0.5, 0.6) is 0 Å². The van der Waals surface area contributed by atoms with Crippen molar-refractivity contribution in [2.45, 2.75) is 37.8 Å². The summed E-state index contributed by atoms with van der Waals surface area (Å²) < 4.78 is 0. The second-order valence-electron chi connectivity index (χ2n) is 4.22. The van der Waals surface area contributed by atoms with Gasteiger partial charge in [-0.3, -0.25) is 4.98 Å². The number of rotatable bonds is 2. The van der Waals surface area contributed by atoms with Gasteiger partial charge < -0.3 is 5.32 Å². The normalized spacial score (nSPS) is 37.1. The lowest BCUT2D eigenvalue weighted by atomic mass is 9.97. The number of fused-ring (bicyclic) bond motifs is 2. The topological polar surface area (TPSA) is 24.9 Å². The van der Waals surface area contributed by atoms with Crippen LogP contribution in [0.3, 0.4) is 0 Å². The van der Waals surface area contributed by atoms with E-state index in [1.165, 1.54) is 30.6 Å². The number of hydrogen-bond donors (Lipinski definition) is 1. The van der Waals surface area contributed by atoms with E-state index in [4.69, 9.17) is 0 Å². The summed E-state index contributed by atoms with van der Waals surface area (Å²) in [5, 5.41) is 3.71. The third kappa shape index (κ3) is 1.40. The largest absolute Gasteiger partial charge is 0.311 e. The molecule has 2 heterocycles.